The van der Waals surface area contributed by atoms with Crippen molar-refractivity contribution < 1.29 is 9.53 Å². The number of hydrogen-bond donors (Lipinski definition) is 0. The zero-order valence-corrected chi connectivity index (χ0v) is 20.0. The number of rotatable bonds is 3. The fourth-order valence-corrected chi connectivity index (χ4v) is 9.38. The van der Waals surface area contributed by atoms with Gasteiger partial charge in [-0.15, -0.1) is 0 Å². The highest BCUT2D eigenvalue weighted by molar-refractivity contribution is 5.87. The van der Waals surface area contributed by atoms with Gasteiger partial charge in [0.25, 0.3) is 0 Å². The van der Waals surface area contributed by atoms with E-state index in [4.69, 9.17) is 4.74 Å². The van der Waals surface area contributed by atoms with Crippen molar-refractivity contribution in [1.29, 1.82) is 0 Å². The highest BCUT2D eigenvalue weighted by Crippen LogP contribution is 2.67. The van der Waals surface area contributed by atoms with Gasteiger partial charge in [0.1, 0.15) is 0 Å². The lowest BCUT2D eigenvalue weighted by Gasteiger charge is -2.61. The molecular formula is C27H45NO2. The monoisotopic (exact) mass is 415 g/mol. The largest absolute Gasteiger partial charge is 0.379 e. The Morgan fingerprint density at radius 3 is 2.40 bits per heavy atom. The van der Waals surface area contributed by atoms with Crippen LogP contribution >= 0.6 is 0 Å². The number of ether oxygens (including phenoxy) is 1. The Hall–Kier alpha value is -0.410. The van der Waals surface area contributed by atoms with Crippen LogP contribution in [0, 0.1) is 46.3 Å². The van der Waals surface area contributed by atoms with Crippen LogP contribution in [0.5, 0.6) is 0 Å². The first-order valence-corrected chi connectivity index (χ1v) is 13.2. The molecule has 0 aromatic rings. The summed E-state index contributed by atoms with van der Waals surface area (Å²) >= 11 is 0. The highest BCUT2D eigenvalue weighted by Gasteiger charge is 2.61. The molecule has 1 saturated heterocycles. The summed E-state index contributed by atoms with van der Waals surface area (Å²) < 4.78 is 5.53. The first kappa shape index (κ1) is 21.4. The maximum absolute atomic E-state index is 13.7. The van der Waals surface area contributed by atoms with Gasteiger partial charge in [-0.1, -0.05) is 27.2 Å². The molecule has 5 rings (SSSR count). The van der Waals surface area contributed by atoms with Gasteiger partial charge in [0.2, 0.25) is 0 Å². The van der Waals surface area contributed by atoms with Crippen LogP contribution in [0.3, 0.4) is 0 Å². The normalized spacial score (nSPS) is 50.3. The average Bonchev–Trinajstić information content (AvgIpc) is 3.11. The van der Waals surface area contributed by atoms with E-state index >= 15 is 0 Å². The van der Waals surface area contributed by atoms with Crippen LogP contribution < -0.4 is 0 Å². The maximum Gasteiger partial charge on any atom is 0.153 e. The van der Waals surface area contributed by atoms with Crippen molar-refractivity contribution in [2.45, 2.75) is 91.5 Å². The zero-order chi connectivity index (χ0) is 21.1. The van der Waals surface area contributed by atoms with E-state index in [0.29, 0.717) is 17.1 Å². The van der Waals surface area contributed by atoms with Crippen LogP contribution in [0.25, 0.3) is 0 Å². The van der Waals surface area contributed by atoms with Crippen LogP contribution in [0.4, 0.5) is 0 Å². The van der Waals surface area contributed by atoms with Crippen molar-refractivity contribution in [3.05, 3.63) is 0 Å². The van der Waals surface area contributed by atoms with Gasteiger partial charge < -0.3 is 4.74 Å². The molecule has 0 radical (unpaired) electrons. The number of ketones is 1. The lowest BCUT2D eigenvalue weighted by atomic mass is 9.44. The molecule has 0 amide bonds. The molecule has 1 heterocycles. The van der Waals surface area contributed by atoms with Gasteiger partial charge >= 0.3 is 0 Å². The fourth-order valence-electron chi connectivity index (χ4n) is 9.38. The second-order valence-corrected chi connectivity index (χ2v) is 12.4. The van der Waals surface area contributed by atoms with E-state index in [2.05, 4.69) is 32.6 Å². The number of hydrogen-bond acceptors (Lipinski definition) is 3. The summed E-state index contributed by atoms with van der Waals surface area (Å²) in [5.74, 6) is 5.34. The summed E-state index contributed by atoms with van der Waals surface area (Å²) in [6.07, 6.45) is 12.4. The maximum atomic E-state index is 13.7. The number of fused-ring (bicyclic) bond motifs is 5. The van der Waals surface area contributed by atoms with E-state index in [0.717, 1.165) is 62.3 Å². The molecule has 1 unspecified atom stereocenters. The Kier molecular flexibility index (Phi) is 5.62. The van der Waals surface area contributed by atoms with Crippen molar-refractivity contribution >= 4 is 5.78 Å². The molecule has 9 atom stereocenters. The lowest BCUT2D eigenvalue weighted by molar-refractivity contribution is -0.141. The van der Waals surface area contributed by atoms with Crippen molar-refractivity contribution in [1.82, 2.24) is 4.90 Å². The molecule has 170 valence electrons. The van der Waals surface area contributed by atoms with Gasteiger partial charge in [-0.2, -0.15) is 0 Å². The van der Waals surface area contributed by atoms with Gasteiger partial charge in [0.05, 0.1) is 19.3 Å². The van der Waals surface area contributed by atoms with E-state index < -0.39 is 0 Å². The van der Waals surface area contributed by atoms with Gasteiger partial charge in [-0.05, 0) is 98.7 Å². The van der Waals surface area contributed by atoms with Crippen LogP contribution in [-0.4, -0.2) is 43.0 Å². The number of nitrogens with zero attached hydrogens (tertiary/aromatic N) is 1. The van der Waals surface area contributed by atoms with Gasteiger partial charge in [0.15, 0.2) is 5.78 Å². The number of carbonyl (C=O) groups excluding carboxylic acids is 1. The Morgan fingerprint density at radius 1 is 0.933 bits per heavy atom. The van der Waals surface area contributed by atoms with E-state index in [1.54, 1.807) is 0 Å². The van der Waals surface area contributed by atoms with Crippen molar-refractivity contribution in [2.75, 3.05) is 26.3 Å². The van der Waals surface area contributed by atoms with Gasteiger partial charge in [-0.3, -0.25) is 9.69 Å². The molecule has 4 saturated carbocycles. The molecule has 5 fully saturated rings. The van der Waals surface area contributed by atoms with Crippen LogP contribution in [-0.2, 0) is 9.53 Å². The highest BCUT2D eigenvalue weighted by atomic mass is 16.5. The lowest BCUT2D eigenvalue weighted by Crippen LogP contribution is -2.55. The minimum Gasteiger partial charge on any atom is -0.379 e. The molecule has 0 aromatic carbocycles. The SMILES string of the molecule is CC(C(=O)[C@H]1CC[C@H]2[C@@H]3CC[C@H]4C[C@@H](C)CC[C@]4(C)[C@H]3CC[C@]12C)N1CCOCC1. The third-order valence-corrected chi connectivity index (χ3v) is 11.3. The van der Waals surface area contributed by atoms with Crippen LogP contribution in [0.1, 0.15) is 85.5 Å². The Morgan fingerprint density at radius 2 is 1.63 bits per heavy atom. The molecular weight excluding hydrogens is 370 g/mol. The molecule has 4 aliphatic carbocycles. The summed E-state index contributed by atoms with van der Waals surface area (Å²) in [7, 11) is 0. The quantitative estimate of drug-likeness (QED) is 0.603. The fraction of sp³-hybridized carbons (Fsp3) is 0.963. The predicted octanol–water partition coefficient (Wildman–Crippen LogP) is 5.57. The molecule has 3 nitrogen and oxygen atoms in total. The molecule has 0 bridgehead atoms. The number of morpholine rings is 1. The molecule has 0 N–H and O–H groups in total. The average molecular weight is 416 g/mol. The molecule has 0 spiro atoms. The van der Waals surface area contributed by atoms with Crippen molar-refractivity contribution in [2.24, 2.45) is 46.3 Å². The number of carbonyl (C=O) groups is 1. The van der Waals surface area contributed by atoms with Crippen LogP contribution in [0.15, 0.2) is 0 Å². The van der Waals surface area contributed by atoms with Crippen molar-refractivity contribution in [3.63, 3.8) is 0 Å². The minimum absolute atomic E-state index is 0.0697. The second-order valence-electron chi connectivity index (χ2n) is 12.4. The molecule has 1 aliphatic heterocycles. The standard InChI is InChI=1S/C27H45NO2/c1-18-9-11-26(3)20(17-18)5-6-21-22-7-8-24(27(22,4)12-10-23(21)26)25(29)19(2)28-13-15-30-16-14-28/h18-24H,5-17H2,1-4H3/t18-,19?,20-,21-,22-,23-,24+,26-,27-/m0/s1. The summed E-state index contributed by atoms with van der Waals surface area (Å²) in [6.45, 7) is 13.2. The van der Waals surface area contributed by atoms with Crippen LogP contribution in [0.2, 0.25) is 0 Å². The summed E-state index contributed by atoms with van der Waals surface area (Å²) in [4.78, 5) is 16.1. The smallest absolute Gasteiger partial charge is 0.153 e. The van der Waals surface area contributed by atoms with E-state index in [9.17, 15) is 4.79 Å². The Labute approximate surface area is 184 Å². The third kappa shape index (κ3) is 3.24. The zero-order valence-electron chi connectivity index (χ0n) is 20.0. The Balaban J connectivity index is 1.33. The molecule has 5 aliphatic rings. The first-order chi connectivity index (χ1) is 14.3. The van der Waals surface area contributed by atoms with E-state index in [1.807, 2.05) is 0 Å². The van der Waals surface area contributed by atoms with E-state index in [1.165, 1.54) is 51.4 Å². The Bertz CT molecular complexity index is 657. The molecule has 3 heteroatoms. The third-order valence-electron chi connectivity index (χ3n) is 11.3. The van der Waals surface area contributed by atoms with Gasteiger partial charge in [-0.25, -0.2) is 0 Å². The van der Waals surface area contributed by atoms with Crippen molar-refractivity contribution in [3.8, 4) is 0 Å². The number of Topliss-reactive ketones (excluding diaryl/α,β-unsaturated/α-hetero) is 1. The minimum atomic E-state index is 0.0697. The summed E-state index contributed by atoms with van der Waals surface area (Å²) in [6, 6.07) is 0.0697. The molecule has 30 heavy (non-hydrogen) atoms. The van der Waals surface area contributed by atoms with E-state index in [-0.39, 0.29) is 11.5 Å². The topological polar surface area (TPSA) is 29.5 Å². The summed E-state index contributed by atoms with van der Waals surface area (Å²) in [5, 5.41) is 0. The first-order valence-electron chi connectivity index (χ1n) is 13.2. The molecule has 0 aromatic heterocycles. The van der Waals surface area contributed by atoms with Gasteiger partial charge in [0, 0.05) is 19.0 Å². The predicted molar refractivity (Wildman–Crippen MR) is 121 cm³/mol. The second kappa shape index (κ2) is 7.87. The summed E-state index contributed by atoms with van der Waals surface area (Å²) in [5.41, 5.74) is 0.837.